The number of H-pyrrole nitrogens is 2. The van der Waals surface area contributed by atoms with Gasteiger partial charge in [-0.25, -0.2) is 0 Å². The van der Waals surface area contributed by atoms with Crippen LogP contribution in [-0.4, -0.2) is 26.2 Å². The van der Waals surface area contributed by atoms with Crippen molar-refractivity contribution < 1.29 is 10.4 Å². The highest BCUT2D eigenvalue weighted by atomic mass is 32.1. The van der Waals surface area contributed by atoms with Crippen LogP contribution < -0.4 is 10.9 Å². The number of quaternary nitrogens is 1. The maximum absolute atomic E-state index is 12.9. The zero-order chi connectivity index (χ0) is 20.8. The summed E-state index contributed by atoms with van der Waals surface area (Å²) in [5.41, 5.74) is 5.09. The number of rotatable bonds is 3. The Hall–Kier alpha value is -3.16. The van der Waals surface area contributed by atoms with Crippen LogP contribution in [0.3, 0.4) is 0 Å². The van der Waals surface area contributed by atoms with E-state index in [1.165, 1.54) is 21.1 Å². The average molecular weight is 420 g/mol. The number of nitrogens with zero attached hydrogens (tertiary/aromatic N) is 1. The van der Waals surface area contributed by atoms with Crippen LogP contribution in [0.2, 0.25) is 0 Å². The van der Waals surface area contributed by atoms with Gasteiger partial charge in [0.1, 0.15) is 5.56 Å². The van der Waals surface area contributed by atoms with Crippen molar-refractivity contribution in [3.8, 4) is 11.6 Å². The Labute approximate surface area is 178 Å². The van der Waals surface area contributed by atoms with Crippen LogP contribution in [0.1, 0.15) is 35.3 Å². The van der Waals surface area contributed by atoms with E-state index in [1.807, 2.05) is 42.5 Å². The Morgan fingerprint density at radius 2 is 1.93 bits per heavy atom. The van der Waals surface area contributed by atoms with Crippen molar-refractivity contribution in [3.05, 3.63) is 86.0 Å². The Balaban J connectivity index is 1.71. The molecule has 0 saturated heterocycles. The molecule has 0 aliphatic carbocycles. The summed E-state index contributed by atoms with van der Waals surface area (Å²) in [6, 6.07) is 15.6. The lowest BCUT2D eigenvalue weighted by atomic mass is 9.95. The molecule has 0 spiro atoms. The van der Waals surface area contributed by atoms with Gasteiger partial charge in [-0.05, 0) is 48.0 Å². The minimum absolute atomic E-state index is 0.110. The minimum Gasteiger partial charge on any atom is -0.494 e. The lowest BCUT2D eigenvalue weighted by molar-refractivity contribution is -0.690. The molecule has 0 radical (unpaired) electrons. The van der Waals surface area contributed by atoms with Gasteiger partial charge in [0.2, 0.25) is 5.88 Å². The number of para-hydroxylation sites is 1. The molecule has 2 aromatic carbocycles. The van der Waals surface area contributed by atoms with Crippen LogP contribution in [0.4, 0.5) is 0 Å². The van der Waals surface area contributed by atoms with Crippen LogP contribution in [-0.2, 0) is 12.8 Å². The third-order valence-corrected chi connectivity index (χ3v) is 6.27. The highest BCUT2D eigenvalue weighted by Crippen LogP contribution is 2.33. The predicted octanol–water partition coefficient (Wildman–Crippen LogP) is 2.85. The molecule has 0 fully saturated rings. The van der Waals surface area contributed by atoms with E-state index in [1.54, 1.807) is 0 Å². The second-order valence-corrected chi connectivity index (χ2v) is 8.05. The molecule has 6 nitrogen and oxygen atoms in total. The van der Waals surface area contributed by atoms with Crippen LogP contribution in [0.25, 0.3) is 16.6 Å². The van der Waals surface area contributed by atoms with E-state index in [0.29, 0.717) is 5.56 Å². The number of benzene rings is 2. The molecule has 0 saturated carbocycles. The van der Waals surface area contributed by atoms with E-state index in [2.05, 4.69) is 28.3 Å². The molecule has 7 heteroatoms. The van der Waals surface area contributed by atoms with Crippen molar-refractivity contribution in [1.82, 2.24) is 14.5 Å². The first-order valence-electron chi connectivity index (χ1n) is 10.2. The fourth-order valence-electron chi connectivity index (χ4n) is 4.47. The lowest BCUT2D eigenvalue weighted by Gasteiger charge is -2.22. The number of nitrogens with two attached hydrogens (primary N) is 1. The van der Waals surface area contributed by atoms with Crippen molar-refractivity contribution in [2.24, 2.45) is 0 Å². The molecule has 1 aliphatic heterocycles. The number of fused-ring (bicyclic) bond motifs is 3. The van der Waals surface area contributed by atoms with Crippen LogP contribution in [0.5, 0.6) is 5.88 Å². The van der Waals surface area contributed by atoms with Gasteiger partial charge in [0.15, 0.2) is 10.8 Å². The number of hydrogen-bond donors (Lipinski definition) is 4. The number of nitrogens with one attached hydrogen (secondary N) is 2. The zero-order valence-electron chi connectivity index (χ0n) is 16.6. The first-order valence-corrected chi connectivity index (χ1v) is 10.6. The van der Waals surface area contributed by atoms with Crippen LogP contribution in [0.15, 0.2) is 53.3 Å². The molecular formula is C23H23N4O2S+. The van der Waals surface area contributed by atoms with Gasteiger partial charge in [-0.15, -0.1) is 0 Å². The summed E-state index contributed by atoms with van der Waals surface area (Å²) in [4.78, 5) is 19.2. The molecule has 0 unspecified atom stereocenters. The molecule has 3 heterocycles. The molecule has 2 aromatic heterocycles. The molecule has 5 N–H and O–H groups in total. The Bertz CT molecular complexity index is 1360. The van der Waals surface area contributed by atoms with Crippen molar-refractivity contribution in [2.45, 2.75) is 25.8 Å². The third-order valence-electron chi connectivity index (χ3n) is 5.99. The monoisotopic (exact) mass is 419 g/mol. The Morgan fingerprint density at radius 3 is 2.70 bits per heavy atom. The van der Waals surface area contributed by atoms with Crippen LogP contribution in [0, 0.1) is 4.77 Å². The lowest BCUT2D eigenvalue weighted by Crippen LogP contribution is -2.87. The molecule has 0 amide bonds. The fraction of sp³-hybridized carbons (Fsp3) is 0.217. The predicted molar refractivity (Wildman–Crippen MR) is 119 cm³/mol. The quantitative estimate of drug-likeness (QED) is 0.385. The molecule has 1 atom stereocenters. The van der Waals surface area contributed by atoms with Gasteiger partial charge < -0.3 is 15.4 Å². The summed E-state index contributed by atoms with van der Waals surface area (Å²) in [5.74, 6) is -0.110. The SMILES string of the molecule is CCc1ccc(-n2c(O)c([C@H]3[NH2+]CCc4c3[nH]c3ccccc43)c(=O)[nH]c2=S)cc1. The maximum Gasteiger partial charge on any atom is 0.265 e. The van der Waals surface area contributed by atoms with Gasteiger partial charge in [0, 0.05) is 17.3 Å². The number of hydrogen-bond acceptors (Lipinski definition) is 3. The Morgan fingerprint density at radius 1 is 1.17 bits per heavy atom. The molecule has 30 heavy (non-hydrogen) atoms. The van der Waals surface area contributed by atoms with Gasteiger partial charge in [0.25, 0.3) is 5.56 Å². The van der Waals surface area contributed by atoms with Gasteiger partial charge in [-0.3, -0.25) is 14.3 Å². The summed E-state index contributed by atoms with van der Waals surface area (Å²) >= 11 is 5.39. The summed E-state index contributed by atoms with van der Waals surface area (Å²) < 4.78 is 1.72. The summed E-state index contributed by atoms with van der Waals surface area (Å²) in [7, 11) is 0. The largest absolute Gasteiger partial charge is 0.494 e. The van der Waals surface area contributed by atoms with Gasteiger partial charge in [-0.1, -0.05) is 37.3 Å². The van der Waals surface area contributed by atoms with Crippen LogP contribution >= 0.6 is 12.2 Å². The smallest absolute Gasteiger partial charge is 0.265 e. The normalized spacial score (nSPS) is 16.0. The van der Waals surface area contributed by atoms with E-state index in [0.717, 1.165) is 36.3 Å². The van der Waals surface area contributed by atoms with Crippen molar-refractivity contribution >= 4 is 23.1 Å². The van der Waals surface area contributed by atoms with E-state index < -0.39 is 0 Å². The number of aromatic nitrogens is 3. The average Bonchev–Trinajstić information content (AvgIpc) is 3.13. The molecule has 152 valence electrons. The maximum atomic E-state index is 12.9. The van der Waals surface area contributed by atoms with Gasteiger partial charge >= 0.3 is 0 Å². The minimum atomic E-state index is -0.355. The fourth-order valence-corrected chi connectivity index (χ4v) is 4.75. The molecule has 0 bridgehead atoms. The zero-order valence-corrected chi connectivity index (χ0v) is 17.4. The number of aryl methyl sites for hydroxylation is 1. The number of aromatic amines is 2. The summed E-state index contributed by atoms with van der Waals surface area (Å²) in [6.07, 6.45) is 1.83. The van der Waals surface area contributed by atoms with Gasteiger partial charge in [-0.2, -0.15) is 0 Å². The van der Waals surface area contributed by atoms with E-state index in [-0.39, 0.29) is 22.3 Å². The van der Waals surface area contributed by atoms with E-state index >= 15 is 0 Å². The topological polar surface area (TPSA) is 90.4 Å². The third kappa shape index (κ3) is 2.89. The standard InChI is InChI=1S/C23H22N4O2S/c1-2-13-7-9-14(10-8-13)27-22(29)18(21(28)26-23(27)30)20-19-16(11-12-24-20)15-5-3-4-6-17(15)25-19/h3-10,20,24-25,29H,2,11-12H2,1H3,(H,26,28,30)/p+1/t20-/m1/s1. The number of aromatic hydroxyl groups is 1. The van der Waals surface area contributed by atoms with Crippen molar-refractivity contribution in [1.29, 1.82) is 0 Å². The Kier molecular flexibility index (Phi) is 4.56. The summed E-state index contributed by atoms with van der Waals surface area (Å²) in [5, 5.41) is 14.5. The highest BCUT2D eigenvalue weighted by molar-refractivity contribution is 7.71. The second-order valence-electron chi connectivity index (χ2n) is 7.67. The molecular weight excluding hydrogens is 396 g/mol. The van der Waals surface area contributed by atoms with Crippen molar-refractivity contribution in [3.63, 3.8) is 0 Å². The summed E-state index contributed by atoms with van der Waals surface area (Å²) in [6.45, 7) is 2.92. The second kappa shape index (κ2) is 7.27. The van der Waals surface area contributed by atoms with Gasteiger partial charge in [0.05, 0.1) is 17.9 Å². The highest BCUT2D eigenvalue weighted by Gasteiger charge is 2.34. The molecule has 1 aliphatic rings. The molecule has 5 rings (SSSR count). The van der Waals surface area contributed by atoms with E-state index in [4.69, 9.17) is 12.2 Å². The first-order chi connectivity index (χ1) is 14.6. The van der Waals surface area contributed by atoms with Crippen molar-refractivity contribution in [2.75, 3.05) is 6.54 Å². The molecule has 4 aromatic rings. The first kappa shape index (κ1) is 18.8. The van der Waals surface area contributed by atoms with E-state index in [9.17, 15) is 9.90 Å².